The fourth-order valence-corrected chi connectivity index (χ4v) is 4.91. The molecule has 2 aromatic heterocycles. The van der Waals surface area contributed by atoms with Gasteiger partial charge in [-0.2, -0.15) is 4.98 Å². The Labute approximate surface area is 174 Å². The molecule has 0 aromatic carbocycles. The van der Waals surface area contributed by atoms with E-state index in [0.717, 1.165) is 0 Å². The van der Waals surface area contributed by atoms with Crippen molar-refractivity contribution in [2.24, 2.45) is 0 Å². The van der Waals surface area contributed by atoms with E-state index in [1.165, 1.54) is 10.9 Å². The number of aliphatic hydroxyl groups is 1. The highest BCUT2D eigenvalue weighted by molar-refractivity contribution is 7.32. The molecule has 168 valence electrons. The van der Waals surface area contributed by atoms with E-state index in [1.54, 1.807) is 0 Å². The number of imidazole rings is 1. The van der Waals surface area contributed by atoms with E-state index in [0.29, 0.717) is 0 Å². The van der Waals surface area contributed by atoms with E-state index in [9.17, 15) is 19.4 Å². The number of aromatic nitrogens is 4. The summed E-state index contributed by atoms with van der Waals surface area (Å²) in [6.07, 6.45) is -2.40. The van der Waals surface area contributed by atoms with Gasteiger partial charge >= 0.3 is 8.25 Å². The lowest BCUT2D eigenvalue weighted by Gasteiger charge is -2.40. The SMILES string of the molecule is CC(C)(C)[Si](C)(C)OC1C(O[PH](=O)O)[C@H](n2cnc3c(=O)[nH]c(N)nc32)O[C@@H]1CO. The number of hydrogen-bond donors (Lipinski definition) is 4. The molecular formula is C16H28N5O7PSi. The smallest absolute Gasteiger partial charge is 0.317 e. The molecule has 3 unspecified atom stereocenters. The molecule has 14 heteroatoms. The van der Waals surface area contributed by atoms with Gasteiger partial charge in [0.25, 0.3) is 5.56 Å². The topological polar surface area (TPSA) is 175 Å². The number of anilines is 1. The number of hydrogen-bond acceptors (Lipinski definition) is 9. The quantitative estimate of drug-likeness (QED) is 0.355. The average Bonchev–Trinajstić information content (AvgIpc) is 3.15. The van der Waals surface area contributed by atoms with Crippen molar-refractivity contribution in [3.05, 3.63) is 16.7 Å². The molecule has 0 saturated carbocycles. The summed E-state index contributed by atoms with van der Waals surface area (Å²) in [4.78, 5) is 32.1. The van der Waals surface area contributed by atoms with E-state index in [1.807, 2.05) is 33.9 Å². The van der Waals surface area contributed by atoms with Crippen LogP contribution in [0.2, 0.25) is 18.1 Å². The van der Waals surface area contributed by atoms with Crippen LogP contribution in [0.1, 0.15) is 27.0 Å². The maximum atomic E-state index is 12.1. The lowest BCUT2D eigenvalue weighted by Crippen LogP contribution is -2.50. The predicted octanol–water partition coefficient (Wildman–Crippen LogP) is 0.749. The number of aromatic amines is 1. The van der Waals surface area contributed by atoms with Crippen LogP contribution >= 0.6 is 8.25 Å². The van der Waals surface area contributed by atoms with E-state index in [2.05, 4.69) is 15.0 Å². The molecule has 1 aliphatic heterocycles. The standard InChI is InChI=1S/C16H28N5O7PSi/c1-16(2,3)30(4,5)28-10-8(6-22)26-14(11(10)27-29(24)25)21-7-18-9-12(21)19-15(17)20-13(9)23/h7-8,10-11,14,22,29H,6H2,1-5H3,(H,24,25)(H3,17,19,20,23)/t8-,10?,11?,14-/m1/s1. The fourth-order valence-electron chi connectivity index (χ4n) is 3.11. The third kappa shape index (κ3) is 4.24. The minimum atomic E-state index is -3.39. The minimum Gasteiger partial charge on any atom is -0.408 e. The monoisotopic (exact) mass is 461 g/mol. The molecule has 1 fully saturated rings. The molecule has 5 atom stereocenters. The largest absolute Gasteiger partial charge is 0.408 e. The van der Waals surface area contributed by atoms with Crippen molar-refractivity contribution >= 4 is 33.7 Å². The van der Waals surface area contributed by atoms with Crippen molar-refractivity contribution < 1.29 is 28.3 Å². The molecule has 0 bridgehead atoms. The van der Waals surface area contributed by atoms with Crippen LogP contribution in [0, 0.1) is 0 Å². The maximum absolute atomic E-state index is 12.1. The summed E-state index contributed by atoms with van der Waals surface area (Å²) in [5, 5.41) is 9.75. The Hall–Kier alpha value is -1.60. The van der Waals surface area contributed by atoms with E-state index in [4.69, 9.17) is 19.4 Å². The number of nitrogens with one attached hydrogen (secondary N) is 1. The number of nitrogens with zero attached hydrogens (tertiary/aromatic N) is 3. The Morgan fingerprint density at radius 3 is 2.63 bits per heavy atom. The highest BCUT2D eigenvalue weighted by Crippen LogP contribution is 2.44. The van der Waals surface area contributed by atoms with Gasteiger partial charge in [0, 0.05) is 0 Å². The zero-order chi connectivity index (χ0) is 22.4. The minimum absolute atomic E-state index is 0.0255. The van der Waals surface area contributed by atoms with Crippen LogP contribution in [0.4, 0.5) is 5.95 Å². The summed E-state index contributed by atoms with van der Waals surface area (Å²) in [5.74, 6) is -0.117. The fraction of sp³-hybridized carbons (Fsp3) is 0.688. The van der Waals surface area contributed by atoms with Crippen LogP contribution in [0.3, 0.4) is 0 Å². The van der Waals surface area contributed by atoms with Crippen molar-refractivity contribution in [2.75, 3.05) is 12.3 Å². The number of H-pyrrole nitrogens is 1. The van der Waals surface area contributed by atoms with Crippen LogP contribution in [0.15, 0.2) is 11.1 Å². The van der Waals surface area contributed by atoms with Gasteiger partial charge in [0.1, 0.15) is 18.3 Å². The average molecular weight is 461 g/mol. The van der Waals surface area contributed by atoms with Gasteiger partial charge in [-0.25, -0.2) is 4.98 Å². The maximum Gasteiger partial charge on any atom is 0.317 e. The second-order valence-electron chi connectivity index (χ2n) is 8.71. The molecule has 12 nitrogen and oxygen atoms in total. The van der Waals surface area contributed by atoms with Crippen LogP contribution in [0.25, 0.3) is 11.2 Å². The molecule has 30 heavy (non-hydrogen) atoms. The van der Waals surface area contributed by atoms with Crippen LogP contribution in [-0.2, 0) is 18.3 Å². The number of rotatable bonds is 6. The Bertz CT molecular complexity index is 1000. The Morgan fingerprint density at radius 2 is 2.07 bits per heavy atom. The second kappa shape index (κ2) is 8.15. The van der Waals surface area contributed by atoms with Crippen molar-refractivity contribution in [1.29, 1.82) is 0 Å². The molecule has 0 spiro atoms. The Balaban J connectivity index is 2.07. The van der Waals surface area contributed by atoms with Gasteiger partial charge < -0.3 is 24.9 Å². The first kappa shape index (κ1) is 23.1. The number of fused-ring (bicyclic) bond motifs is 1. The summed E-state index contributed by atoms with van der Waals surface area (Å²) in [6.45, 7) is 9.78. The molecular weight excluding hydrogens is 433 g/mol. The van der Waals surface area contributed by atoms with Gasteiger partial charge in [0.05, 0.1) is 12.9 Å². The molecule has 0 amide bonds. The molecule has 0 radical (unpaired) electrons. The summed E-state index contributed by atoms with van der Waals surface area (Å²) in [6, 6.07) is 0. The first-order valence-electron chi connectivity index (χ1n) is 9.42. The summed E-state index contributed by atoms with van der Waals surface area (Å²) in [5.41, 5.74) is 5.27. The molecule has 1 saturated heterocycles. The van der Waals surface area contributed by atoms with Crippen molar-refractivity contribution in [3.63, 3.8) is 0 Å². The number of nitrogen functional groups attached to an aromatic ring is 1. The summed E-state index contributed by atoms with van der Waals surface area (Å²) in [7, 11) is -5.75. The predicted molar refractivity (Wildman–Crippen MR) is 112 cm³/mol. The van der Waals surface area contributed by atoms with Crippen LogP contribution < -0.4 is 11.3 Å². The molecule has 2 aromatic rings. The van der Waals surface area contributed by atoms with Gasteiger partial charge in [-0.1, -0.05) is 20.8 Å². The van der Waals surface area contributed by atoms with E-state index < -0.39 is 53.3 Å². The Morgan fingerprint density at radius 1 is 1.40 bits per heavy atom. The van der Waals surface area contributed by atoms with E-state index in [-0.39, 0.29) is 22.2 Å². The van der Waals surface area contributed by atoms with Crippen LogP contribution in [0.5, 0.6) is 0 Å². The van der Waals surface area contributed by atoms with Gasteiger partial charge in [-0.15, -0.1) is 0 Å². The summed E-state index contributed by atoms with van der Waals surface area (Å²) >= 11 is 0. The molecule has 5 N–H and O–H groups in total. The number of ether oxygens (including phenoxy) is 1. The van der Waals surface area contributed by atoms with Gasteiger partial charge in [0.2, 0.25) is 5.95 Å². The van der Waals surface area contributed by atoms with Gasteiger partial charge in [-0.05, 0) is 18.1 Å². The van der Waals surface area contributed by atoms with Gasteiger partial charge in [-0.3, -0.25) is 23.4 Å². The third-order valence-corrected chi connectivity index (χ3v) is 10.6. The van der Waals surface area contributed by atoms with Crippen molar-refractivity contribution in [2.45, 2.75) is 63.4 Å². The number of nitrogens with two attached hydrogens (primary N) is 1. The van der Waals surface area contributed by atoms with E-state index >= 15 is 0 Å². The molecule has 1 aliphatic rings. The zero-order valence-corrected chi connectivity index (χ0v) is 19.4. The van der Waals surface area contributed by atoms with Crippen molar-refractivity contribution in [3.8, 4) is 0 Å². The highest BCUT2D eigenvalue weighted by Gasteiger charge is 2.52. The lowest BCUT2D eigenvalue weighted by atomic mass is 10.1. The highest BCUT2D eigenvalue weighted by atomic mass is 31.1. The molecule has 0 aliphatic carbocycles. The third-order valence-electron chi connectivity index (χ3n) is 5.66. The molecule has 3 rings (SSSR count). The first-order valence-corrected chi connectivity index (χ1v) is 13.6. The van der Waals surface area contributed by atoms with Crippen LogP contribution in [-0.4, -0.2) is 62.8 Å². The van der Waals surface area contributed by atoms with Crippen molar-refractivity contribution in [1.82, 2.24) is 19.5 Å². The molecule has 3 heterocycles. The Kier molecular flexibility index (Phi) is 6.27. The zero-order valence-electron chi connectivity index (χ0n) is 17.4. The second-order valence-corrected chi connectivity index (χ2v) is 14.2. The normalized spacial score (nSPS) is 26.4. The lowest BCUT2D eigenvalue weighted by molar-refractivity contribution is -0.0480. The first-order chi connectivity index (χ1) is 13.9. The number of aliphatic hydroxyl groups excluding tert-OH is 1. The van der Waals surface area contributed by atoms with Gasteiger partial charge in [0.15, 0.2) is 25.7 Å². The summed E-state index contributed by atoms with van der Waals surface area (Å²) < 4.78 is 30.7.